The maximum absolute atomic E-state index is 11.5. The maximum Gasteiger partial charge on any atom is 0.243 e. The molecule has 0 unspecified atom stereocenters. The Bertz CT molecular complexity index is 405. The average molecular weight is 314 g/mol. The van der Waals surface area contributed by atoms with E-state index in [9.17, 15) is 19.2 Å². The molecule has 0 spiro atoms. The van der Waals surface area contributed by atoms with E-state index in [1.807, 2.05) is 0 Å². The minimum Gasteiger partial charge on any atom is -0.273 e. The van der Waals surface area contributed by atoms with Crippen LogP contribution in [0.1, 0.15) is 54.4 Å². The number of hydrazine groups is 2. The molecule has 0 radical (unpaired) electrons. The zero-order valence-electron chi connectivity index (χ0n) is 14.0. The molecule has 0 aliphatic carbocycles. The molecular formula is C14H26N4O4. The van der Waals surface area contributed by atoms with Gasteiger partial charge in [-0.2, -0.15) is 0 Å². The van der Waals surface area contributed by atoms with Gasteiger partial charge in [0.05, 0.1) is 0 Å². The molecule has 0 rings (SSSR count). The normalized spacial score (nSPS) is 11.4. The first-order chi connectivity index (χ1) is 9.84. The van der Waals surface area contributed by atoms with Gasteiger partial charge in [0.1, 0.15) is 0 Å². The molecule has 0 aromatic carbocycles. The summed E-state index contributed by atoms with van der Waals surface area (Å²) in [5, 5.41) is 0. The molecule has 0 aliphatic rings. The summed E-state index contributed by atoms with van der Waals surface area (Å²) in [6.45, 7) is 10.2. The van der Waals surface area contributed by atoms with Crippen LogP contribution in [-0.2, 0) is 19.2 Å². The minimum absolute atomic E-state index is 0.109. The Hall–Kier alpha value is -2.12. The molecule has 0 aromatic rings. The van der Waals surface area contributed by atoms with Crippen molar-refractivity contribution in [2.24, 2.45) is 10.8 Å². The lowest BCUT2D eigenvalue weighted by molar-refractivity contribution is -0.135. The van der Waals surface area contributed by atoms with Crippen molar-refractivity contribution >= 4 is 23.6 Å². The van der Waals surface area contributed by atoms with Crippen LogP contribution in [0.2, 0.25) is 0 Å². The van der Waals surface area contributed by atoms with Crippen LogP contribution in [-0.4, -0.2) is 23.6 Å². The summed E-state index contributed by atoms with van der Waals surface area (Å²) in [6.07, 6.45) is -0.219. The lowest BCUT2D eigenvalue weighted by Gasteiger charge is -2.18. The SMILES string of the molecule is CC(C)(C)C(=O)NNC(=O)CCC(=O)NNC(=O)C(C)(C)C. The number of hydrogen-bond donors (Lipinski definition) is 4. The second kappa shape index (κ2) is 7.77. The number of carbonyl (C=O) groups excluding carboxylic acids is 4. The highest BCUT2D eigenvalue weighted by Crippen LogP contribution is 2.12. The Morgan fingerprint density at radius 2 is 0.864 bits per heavy atom. The standard InChI is InChI=1S/C14H26N4O4/c1-13(2,3)11(21)17-15-9(19)7-8-10(20)16-18-12(22)14(4,5)6/h7-8H2,1-6H3,(H,15,19)(H,16,20)(H,17,21)(H,18,22). The third-order valence-corrected chi connectivity index (χ3v) is 2.57. The second-order valence-corrected chi connectivity index (χ2v) is 7.00. The van der Waals surface area contributed by atoms with E-state index in [2.05, 4.69) is 21.7 Å². The van der Waals surface area contributed by atoms with E-state index in [0.29, 0.717) is 0 Å². The number of rotatable bonds is 3. The molecule has 0 bridgehead atoms. The van der Waals surface area contributed by atoms with Gasteiger partial charge in [0.2, 0.25) is 23.6 Å². The predicted molar refractivity (Wildman–Crippen MR) is 80.7 cm³/mol. The van der Waals surface area contributed by atoms with E-state index in [1.165, 1.54) is 0 Å². The van der Waals surface area contributed by atoms with Crippen LogP contribution in [0.15, 0.2) is 0 Å². The largest absolute Gasteiger partial charge is 0.273 e. The molecule has 0 atom stereocenters. The summed E-state index contributed by atoms with van der Waals surface area (Å²) < 4.78 is 0. The number of amides is 4. The van der Waals surface area contributed by atoms with Gasteiger partial charge in [0.15, 0.2) is 0 Å². The highest BCUT2D eigenvalue weighted by atomic mass is 16.2. The third kappa shape index (κ3) is 8.23. The minimum atomic E-state index is -0.623. The molecule has 4 amide bonds. The van der Waals surface area contributed by atoms with Crippen molar-refractivity contribution in [1.82, 2.24) is 21.7 Å². The van der Waals surface area contributed by atoms with E-state index in [0.717, 1.165) is 0 Å². The zero-order chi connectivity index (χ0) is 17.6. The van der Waals surface area contributed by atoms with Gasteiger partial charge in [-0.15, -0.1) is 0 Å². The van der Waals surface area contributed by atoms with Gasteiger partial charge in [-0.3, -0.25) is 40.9 Å². The molecule has 0 aliphatic heterocycles. The molecule has 0 aromatic heterocycles. The van der Waals surface area contributed by atoms with Crippen molar-refractivity contribution in [2.75, 3.05) is 0 Å². The van der Waals surface area contributed by atoms with Gasteiger partial charge in [-0.1, -0.05) is 41.5 Å². The van der Waals surface area contributed by atoms with Gasteiger partial charge in [0, 0.05) is 23.7 Å². The van der Waals surface area contributed by atoms with Crippen LogP contribution in [0.25, 0.3) is 0 Å². The molecule has 0 saturated carbocycles. The zero-order valence-corrected chi connectivity index (χ0v) is 14.0. The third-order valence-electron chi connectivity index (χ3n) is 2.57. The summed E-state index contributed by atoms with van der Waals surface area (Å²) >= 11 is 0. The number of carbonyl (C=O) groups is 4. The molecule has 4 N–H and O–H groups in total. The van der Waals surface area contributed by atoms with E-state index < -0.39 is 22.6 Å². The van der Waals surface area contributed by atoms with Gasteiger partial charge in [-0.05, 0) is 0 Å². The predicted octanol–water partition coefficient (Wildman–Crippen LogP) is 0.154. The Kier molecular flexibility index (Phi) is 7.02. The number of hydrogen-bond acceptors (Lipinski definition) is 4. The van der Waals surface area contributed by atoms with Crippen molar-refractivity contribution in [3.63, 3.8) is 0 Å². The van der Waals surface area contributed by atoms with Gasteiger partial charge in [0.25, 0.3) is 0 Å². The van der Waals surface area contributed by atoms with Crippen LogP contribution >= 0.6 is 0 Å². The smallest absolute Gasteiger partial charge is 0.243 e. The topological polar surface area (TPSA) is 116 Å². The van der Waals surface area contributed by atoms with Crippen molar-refractivity contribution in [1.29, 1.82) is 0 Å². The second-order valence-electron chi connectivity index (χ2n) is 7.00. The highest BCUT2D eigenvalue weighted by Gasteiger charge is 2.22. The Balaban J connectivity index is 3.99. The summed E-state index contributed by atoms with van der Waals surface area (Å²) in [5.41, 5.74) is 7.76. The molecule has 8 heteroatoms. The van der Waals surface area contributed by atoms with Crippen molar-refractivity contribution in [2.45, 2.75) is 54.4 Å². The Morgan fingerprint density at radius 3 is 1.09 bits per heavy atom. The van der Waals surface area contributed by atoms with Crippen molar-refractivity contribution in [3.8, 4) is 0 Å². The molecular weight excluding hydrogens is 288 g/mol. The van der Waals surface area contributed by atoms with Crippen LogP contribution in [0, 0.1) is 10.8 Å². The molecule has 0 fully saturated rings. The van der Waals surface area contributed by atoms with E-state index in [1.54, 1.807) is 41.5 Å². The Labute approximate surface area is 130 Å². The monoisotopic (exact) mass is 314 g/mol. The fraction of sp³-hybridized carbons (Fsp3) is 0.714. The van der Waals surface area contributed by atoms with Gasteiger partial charge < -0.3 is 0 Å². The van der Waals surface area contributed by atoms with E-state index in [-0.39, 0.29) is 24.7 Å². The molecule has 22 heavy (non-hydrogen) atoms. The number of nitrogens with one attached hydrogen (secondary N) is 4. The summed E-state index contributed by atoms with van der Waals surface area (Å²) in [6, 6.07) is 0. The van der Waals surface area contributed by atoms with Gasteiger partial charge >= 0.3 is 0 Å². The van der Waals surface area contributed by atoms with Crippen LogP contribution in [0.5, 0.6) is 0 Å². The first-order valence-electron chi connectivity index (χ1n) is 7.02. The summed E-state index contributed by atoms with van der Waals surface area (Å²) in [4.78, 5) is 46.0. The lowest BCUT2D eigenvalue weighted by atomic mass is 9.96. The summed E-state index contributed by atoms with van der Waals surface area (Å²) in [7, 11) is 0. The van der Waals surface area contributed by atoms with Crippen LogP contribution in [0.3, 0.4) is 0 Å². The first-order valence-corrected chi connectivity index (χ1v) is 7.02. The van der Waals surface area contributed by atoms with Crippen molar-refractivity contribution < 1.29 is 19.2 Å². The quantitative estimate of drug-likeness (QED) is 0.555. The van der Waals surface area contributed by atoms with Gasteiger partial charge in [-0.25, -0.2) is 0 Å². The first kappa shape index (κ1) is 19.9. The Morgan fingerprint density at radius 1 is 0.591 bits per heavy atom. The summed E-state index contributed by atoms with van der Waals surface area (Å²) in [5.74, 6) is -1.64. The molecule has 0 heterocycles. The fourth-order valence-corrected chi connectivity index (χ4v) is 0.980. The van der Waals surface area contributed by atoms with E-state index in [4.69, 9.17) is 0 Å². The van der Waals surface area contributed by atoms with E-state index >= 15 is 0 Å². The van der Waals surface area contributed by atoms with Crippen molar-refractivity contribution in [3.05, 3.63) is 0 Å². The lowest BCUT2D eigenvalue weighted by Crippen LogP contribution is -2.48. The maximum atomic E-state index is 11.5. The molecule has 0 saturated heterocycles. The highest BCUT2D eigenvalue weighted by molar-refractivity contribution is 5.88. The molecule has 126 valence electrons. The van der Waals surface area contributed by atoms with Crippen LogP contribution < -0.4 is 21.7 Å². The van der Waals surface area contributed by atoms with Crippen LogP contribution in [0.4, 0.5) is 0 Å². The average Bonchev–Trinajstić information content (AvgIpc) is 2.37. The fourth-order valence-electron chi connectivity index (χ4n) is 0.980. The molecule has 8 nitrogen and oxygen atoms in total.